The van der Waals surface area contributed by atoms with Crippen LogP contribution in [0.25, 0.3) is 123 Å². The smallest absolute Gasteiger partial charge is 0.155 e. The van der Waals surface area contributed by atoms with E-state index in [4.69, 9.17) is 14.5 Å². The Hall–Kier alpha value is -11.0. The summed E-state index contributed by atoms with van der Waals surface area (Å²) in [5.74, 6) is -0.0625. The number of carbonyl (C=O) groups is 1. The molecule has 0 saturated carbocycles. The summed E-state index contributed by atoms with van der Waals surface area (Å²) in [4.78, 5) is 36.5. The van der Waals surface area contributed by atoms with Gasteiger partial charge in [0.25, 0.3) is 0 Å². The van der Waals surface area contributed by atoms with Crippen LogP contribution in [0.1, 0.15) is 47.2 Å². The molecule has 7 heterocycles. The number of para-hydroxylation sites is 1. The summed E-state index contributed by atoms with van der Waals surface area (Å²) in [5.41, 5.74) is 27.1. The van der Waals surface area contributed by atoms with E-state index in [1.807, 2.05) is 207 Å². The van der Waals surface area contributed by atoms with Crippen LogP contribution >= 0.6 is 0 Å². The van der Waals surface area contributed by atoms with E-state index in [0.717, 1.165) is 101 Å². The monoisotopic (exact) mass is 2170 g/mol. The Morgan fingerprint density at radius 3 is 1.34 bits per heavy atom. The van der Waals surface area contributed by atoms with Crippen LogP contribution in [0.3, 0.4) is 0 Å². The van der Waals surface area contributed by atoms with Gasteiger partial charge in [0.1, 0.15) is 5.58 Å². The standard InChI is InChI=1S/C19H18N.C18H14N.C17H10NO.C17H12N.C12H10N.C11H8N.C5H8O2.4Ir/c1-12-8-13(2)10-16(9-12)18-11-15(4)19-14(3)6-5-7-17(19)20-18;1-14-7-9-15(10-8-14)17-11-12-19-18(13-17)16-5-3-2-4-6-16;1-2-7-16-13(5-1)14-11-12(8-9-17(14)19-16)15-6-3-4-10-18-15;1-3-7-14(8-4-1)16-11-12-18-17(13-16)15-9-5-2-6-10-15;1-10-5-7-11(8-6-10)12-4-2-3-9-13-12;1-2-6-10(7-3-1)11-8-4-5-9-12-11;1-4(6)3-5(2)7;;;;/h5-9,11H,1-4H3;2-5,7-13H,1H3;1-7,9-11H;1-9,11-13H;2-7,9H,1H3;1-6,8-9H;3,6H,1-2H3;;;;/q6*-1;;;;;. The quantitative estimate of drug-likeness (QED) is 0.0853. The second kappa shape index (κ2) is 45.3. The molecule has 10 aromatic carbocycles. The summed E-state index contributed by atoms with van der Waals surface area (Å²) in [5, 5.41) is 11.9. The number of nitrogens with zero attached hydrogens (tertiary/aromatic N) is 6. The molecular formula is C99H80Ir4N6O3-6. The van der Waals surface area contributed by atoms with E-state index in [2.05, 4.69) is 206 Å². The SMILES string of the molecule is CC(=O)C=C(C)O.Cc1[c-]c(-c2cc(C)c3c(C)cccc3n2)cc(C)c1.Cc1c[c-]c(-c2ccccn2)cc1.Cc1ccc(-c2ccnc(-c3[c-]cccc3)c2)cc1.[Ir].[Ir].[Ir].[Ir].[c-]1cc2oc3ccccc3c2cc1-c1ccccn1.[c-]1ccccc1-c1cc(-c2ccccc2)ccn1.[c-]1ccccc1-c1ccccn1. The van der Waals surface area contributed by atoms with Gasteiger partial charge in [0.05, 0.1) is 16.9 Å². The Morgan fingerprint density at radius 2 is 0.839 bits per heavy atom. The van der Waals surface area contributed by atoms with Crippen LogP contribution in [0.4, 0.5) is 0 Å². The average molecular weight is 2170 g/mol. The second-order valence-corrected chi connectivity index (χ2v) is 25.5. The second-order valence-electron chi connectivity index (χ2n) is 25.5. The van der Waals surface area contributed by atoms with Gasteiger partial charge in [-0.15, -0.1) is 202 Å². The summed E-state index contributed by atoms with van der Waals surface area (Å²) in [6, 6.07) is 119. The van der Waals surface area contributed by atoms with Crippen molar-refractivity contribution in [2.75, 3.05) is 0 Å². The predicted molar refractivity (Wildman–Crippen MR) is 442 cm³/mol. The van der Waals surface area contributed by atoms with Gasteiger partial charge in [-0.2, -0.15) is 0 Å². The van der Waals surface area contributed by atoms with Gasteiger partial charge in [0.15, 0.2) is 5.78 Å². The van der Waals surface area contributed by atoms with E-state index in [1.54, 1.807) is 18.6 Å². The molecular weight excluding hydrogens is 2090 g/mol. The van der Waals surface area contributed by atoms with Crippen LogP contribution in [0.5, 0.6) is 0 Å². The molecule has 0 aliphatic heterocycles. The first-order valence-electron chi connectivity index (χ1n) is 35.4. The Labute approximate surface area is 712 Å². The Bertz CT molecular complexity index is 5610. The van der Waals surface area contributed by atoms with E-state index in [1.165, 1.54) is 75.4 Å². The van der Waals surface area contributed by atoms with Gasteiger partial charge < -0.3 is 34.4 Å². The zero-order chi connectivity index (χ0) is 75.4. The zero-order valence-electron chi connectivity index (χ0n) is 63.0. The first kappa shape index (κ1) is 88.2. The summed E-state index contributed by atoms with van der Waals surface area (Å²) >= 11 is 0. The first-order chi connectivity index (χ1) is 52.7. The molecule has 0 aliphatic rings. The number of benzene rings is 10. The van der Waals surface area contributed by atoms with Crippen molar-refractivity contribution in [3.8, 4) is 89.8 Å². The zero-order valence-corrected chi connectivity index (χ0v) is 72.6. The maximum Gasteiger partial charge on any atom is 0.155 e. The number of ketones is 1. The van der Waals surface area contributed by atoms with Crippen LogP contribution in [0.2, 0.25) is 0 Å². The number of furan rings is 1. The molecule has 13 heteroatoms. The van der Waals surface area contributed by atoms with Gasteiger partial charge in [-0.1, -0.05) is 171 Å². The minimum atomic E-state index is -0.125. The number of aromatic nitrogens is 6. The fourth-order valence-electron chi connectivity index (χ4n) is 11.8. The van der Waals surface area contributed by atoms with Crippen molar-refractivity contribution in [1.29, 1.82) is 0 Å². The van der Waals surface area contributed by atoms with E-state index in [9.17, 15) is 4.79 Å². The molecule has 0 bridgehead atoms. The van der Waals surface area contributed by atoms with Crippen LogP contribution in [0.15, 0.2) is 344 Å². The number of aliphatic hydroxyl groups is 1. The number of carbonyl (C=O) groups excluding carboxylic acids is 1. The third kappa shape index (κ3) is 26.0. The molecule has 0 aliphatic carbocycles. The number of aliphatic hydroxyl groups excluding tert-OH is 1. The maximum absolute atomic E-state index is 10.0. The number of fused-ring (bicyclic) bond motifs is 4. The van der Waals surface area contributed by atoms with Crippen molar-refractivity contribution in [2.45, 2.75) is 55.4 Å². The maximum atomic E-state index is 10.0. The average Bonchev–Trinajstić information content (AvgIpc) is 1.70. The molecule has 4 radical (unpaired) electrons. The predicted octanol–water partition coefficient (Wildman–Crippen LogP) is 24.6. The molecule has 0 unspecified atom stereocenters. The third-order valence-electron chi connectivity index (χ3n) is 16.9. The van der Waals surface area contributed by atoms with Crippen LogP contribution in [-0.2, 0) is 85.2 Å². The van der Waals surface area contributed by atoms with E-state index < -0.39 is 0 Å². The summed E-state index contributed by atoms with van der Waals surface area (Å²) in [6.07, 6.45) is 10.2. The Morgan fingerprint density at radius 1 is 0.348 bits per heavy atom. The number of hydrogen-bond acceptors (Lipinski definition) is 9. The molecule has 7 aromatic heterocycles. The summed E-state index contributed by atoms with van der Waals surface area (Å²) < 4.78 is 5.79. The number of allylic oxidation sites excluding steroid dienone is 2. The van der Waals surface area contributed by atoms with Crippen molar-refractivity contribution >= 4 is 38.6 Å². The van der Waals surface area contributed by atoms with Gasteiger partial charge in [-0.25, -0.2) is 0 Å². The summed E-state index contributed by atoms with van der Waals surface area (Å²) in [7, 11) is 0. The number of aryl methyl sites for hydroxylation is 6. The number of rotatable bonds is 9. The van der Waals surface area contributed by atoms with E-state index >= 15 is 0 Å². The Kier molecular flexibility index (Phi) is 35.7. The fourth-order valence-corrected chi connectivity index (χ4v) is 11.8. The molecule has 0 amide bonds. The van der Waals surface area contributed by atoms with Gasteiger partial charge in [-0.3, -0.25) is 9.78 Å². The first-order valence-corrected chi connectivity index (χ1v) is 35.4. The molecule has 1 N–H and O–H groups in total. The molecule has 0 saturated heterocycles. The molecule has 17 rings (SSSR count). The van der Waals surface area contributed by atoms with Gasteiger partial charge in [0, 0.05) is 128 Å². The van der Waals surface area contributed by atoms with Crippen molar-refractivity contribution < 1.29 is 94.7 Å². The van der Waals surface area contributed by atoms with Crippen molar-refractivity contribution in [3.05, 3.63) is 410 Å². The number of pyridine rings is 6. The molecule has 566 valence electrons. The van der Waals surface area contributed by atoms with Crippen LogP contribution < -0.4 is 0 Å². The van der Waals surface area contributed by atoms with Crippen LogP contribution in [-0.4, -0.2) is 40.8 Å². The topological polar surface area (TPSA) is 128 Å². The van der Waals surface area contributed by atoms with Crippen LogP contribution in [0, 0.1) is 77.9 Å². The molecule has 9 nitrogen and oxygen atoms in total. The van der Waals surface area contributed by atoms with Gasteiger partial charge in [0.2, 0.25) is 0 Å². The summed E-state index contributed by atoms with van der Waals surface area (Å²) in [6.45, 7) is 15.5. The minimum Gasteiger partial charge on any atom is -0.512 e. The van der Waals surface area contributed by atoms with Gasteiger partial charge in [-0.05, 0) is 145 Å². The Balaban J connectivity index is 0.000000183. The minimum absolute atomic E-state index is 0. The number of hydrogen-bond donors (Lipinski definition) is 1. The molecule has 17 aromatic rings. The van der Waals surface area contributed by atoms with E-state index in [0.29, 0.717) is 0 Å². The third-order valence-corrected chi connectivity index (χ3v) is 16.9. The molecule has 0 atom stereocenters. The van der Waals surface area contributed by atoms with Crippen molar-refractivity contribution in [3.63, 3.8) is 0 Å². The van der Waals surface area contributed by atoms with Crippen molar-refractivity contribution in [1.82, 2.24) is 29.9 Å². The van der Waals surface area contributed by atoms with Gasteiger partial charge >= 0.3 is 0 Å². The normalized spacial score (nSPS) is 10.2. The largest absolute Gasteiger partial charge is 0.512 e. The van der Waals surface area contributed by atoms with E-state index in [-0.39, 0.29) is 92.0 Å². The van der Waals surface area contributed by atoms with Crippen molar-refractivity contribution in [2.24, 2.45) is 0 Å². The molecule has 0 spiro atoms. The molecule has 112 heavy (non-hydrogen) atoms. The fraction of sp³-hybridized carbons (Fsp3) is 0.0808. The molecule has 0 fully saturated rings.